The number of urea groups is 1. The third-order valence-electron chi connectivity index (χ3n) is 5.31. The van der Waals surface area contributed by atoms with E-state index in [2.05, 4.69) is 21.3 Å². The zero-order valence-corrected chi connectivity index (χ0v) is 19.6. The average molecular weight is 511 g/mol. The molecule has 11 nitrogen and oxygen atoms in total. The molecule has 1 aliphatic rings. The summed E-state index contributed by atoms with van der Waals surface area (Å²) in [6.07, 6.45) is 0.385. The first-order chi connectivity index (χ1) is 17.3. The SMILES string of the molecule is O=C(NC[C@@H]1NCCc2c1sc(NC(=O)C(=O)O)c2C(=O)O)Nc1ccc(Oc2ccccc2)cc1. The highest BCUT2D eigenvalue weighted by atomic mass is 32.1. The summed E-state index contributed by atoms with van der Waals surface area (Å²) in [5.74, 6) is -2.99. The van der Waals surface area contributed by atoms with Crippen LogP contribution in [0.4, 0.5) is 15.5 Å². The summed E-state index contributed by atoms with van der Waals surface area (Å²) in [7, 11) is 0. The molecular weight excluding hydrogens is 488 g/mol. The average Bonchev–Trinajstić information content (AvgIpc) is 3.23. The summed E-state index contributed by atoms with van der Waals surface area (Å²) in [6, 6.07) is 15.3. The number of ether oxygens (including phenoxy) is 1. The molecule has 12 heteroatoms. The van der Waals surface area contributed by atoms with Crippen molar-refractivity contribution >= 4 is 45.9 Å². The molecule has 4 rings (SSSR count). The first-order valence-electron chi connectivity index (χ1n) is 10.9. The number of carboxylic acid groups (broad SMARTS) is 2. The van der Waals surface area contributed by atoms with E-state index in [1.807, 2.05) is 30.3 Å². The van der Waals surface area contributed by atoms with Crippen molar-refractivity contribution in [2.75, 3.05) is 23.7 Å². The van der Waals surface area contributed by atoms with Crippen molar-refractivity contribution in [2.24, 2.45) is 0 Å². The van der Waals surface area contributed by atoms with Gasteiger partial charge in [-0.1, -0.05) is 18.2 Å². The molecule has 0 bridgehead atoms. The number of fused-ring (bicyclic) bond motifs is 1. The first-order valence-corrected chi connectivity index (χ1v) is 11.7. The molecule has 2 aromatic carbocycles. The molecule has 0 unspecified atom stereocenters. The second kappa shape index (κ2) is 10.9. The summed E-state index contributed by atoms with van der Waals surface area (Å²) < 4.78 is 5.73. The van der Waals surface area contributed by atoms with Gasteiger partial charge < -0.3 is 36.2 Å². The number of carboxylic acids is 2. The molecule has 3 amide bonds. The Morgan fingerprint density at radius 2 is 1.67 bits per heavy atom. The van der Waals surface area contributed by atoms with Gasteiger partial charge in [-0.25, -0.2) is 14.4 Å². The molecule has 0 radical (unpaired) electrons. The number of carbonyl (C=O) groups excluding carboxylic acids is 2. The number of aromatic carboxylic acids is 1. The van der Waals surface area contributed by atoms with Crippen molar-refractivity contribution in [2.45, 2.75) is 12.5 Å². The van der Waals surface area contributed by atoms with E-state index in [0.717, 1.165) is 11.3 Å². The number of benzene rings is 2. The maximum absolute atomic E-state index is 12.4. The van der Waals surface area contributed by atoms with Crippen LogP contribution in [0.25, 0.3) is 0 Å². The van der Waals surface area contributed by atoms with Crippen LogP contribution < -0.4 is 26.0 Å². The van der Waals surface area contributed by atoms with Crippen molar-refractivity contribution < 1.29 is 34.1 Å². The van der Waals surface area contributed by atoms with Crippen molar-refractivity contribution in [3.63, 3.8) is 0 Å². The van der Waals surface area contributed by atoms with E-state index in [9.17, 15) is 24.3 Å². The van der Waals surface area contributed by atoms with Crippen LogP contribution in [0.1, 0.15) is 26.8 Å². The Hall–Kier alpha value is -4.42. The maximum Gasteiger partial charge on any atom is 0.394 e. The summed E-state index contributed by atoms with van der Waals surface area (Å²) in [5, 5.41) is 29.3. The number of para-hydroxylation sites is 1. The zero-order chi connectivity index (χ0) is 25.7. The highest BCUT2D eigenvalue weighted by Crippen LogP contribution is 2.39. The van der Waals surface area contributed by atoms with Crippen LogP contribution in [0.5, 0.6) is 11.5 Å². The van der Waals surface area contributed by atoms with E-state index < -0.39 is 29.9 Å². The molecule has 1 aliphatic heterocycles. The Labute approximate surface area is 209 Å². The second-order valence-corrected chi connectivity index (χ2v) is 8.80. The zero-order valence-electron chi connectivity index (χ0n) is 18.7. The van der Waals surface area contributed by atoms with Crippen LogP contribution in [-0.2, 0) is 16.0 Å². The fourth-order valence-electron chi connectivity index (χ4n) is 3.71. The topological polar surface area (TPSA) is 166 Å². The highest BCUT2D eigenvalue weighted by molar-refractivity contribution is 7.17. The van der Waals surface area contributed by atoms with Gasteiger partial charge in [0.2, 0.25) is 0 Å². The smallest absolute Gasteiger partial charge is 0.394 e. The molecule has 186 valence electrons. The Morgan fingerprint density at radius 3 is 2.33 bits per heavy atom. The van der Waals surface area contributed by atoms with Crippen LogP contribution in [0.15, 0.2) is 54.6 Å². The minimum absolute atomic E-state index is 0.0455. The third kappa shape index (κ3) is 5.79. The summed E-state index contributed by atoms with van der Waals surface area (Å²) in [4.78, 5) is 47.4. The fraction of sp³-hybridized carbons (Fsp3) is 0.167. The van der Waals surface area contributed by atoms with Gasteiger partial charge in [-0.2, -0.15) is 0 Å². The predicted octanol–water partition coefficient (Wildman–Crippen LogP) is 3.27. The number of rotatable bonds is 7. The molecule has 1 aromatic heterocycles. The summed E-state index contributed by atoms with van der Waals surface area (Å²) in [6.45, 7) is 0.590. The van der Waals surface area contributed by atoms with Crippen LogP contribution >= 0.6 is 11.3 Å². The van der Waals surface area contributed by atoms with E-state index in [1.54, 1.807) is 24.3 Å². The summed E-state index contributed by atoms with van der Waals surface area (Å²) in [5.41, 5.74) is 0.930. The van der Waals surface area contributed by atoms with Gasteiger partial charge in [0.25, 0.3) is 0 Å². The number of carbonyl (C=O) groups is 4. The molecule has 0 saturated carbocycles. The Kier molecular flexibility index (Phi) is 7.47. The third-order valence-corrected chi connectivity index (χ3v) is 6.57. The van der Waals surface area contributed by atoms with Crippen LogP contribution in [0, 0.1) is 0 Å². The fourth-order valence-corrected chi connectivity index (χ4v) is 5.03. The van der Waals surface area contributed by atoms with Gasteiger partial charge in [0.1, 0.15) is 16.5 Å². The Morgan fingerprint density at radius 1 is 0.972 bits per heavy atom. The first kappa shape index (κ1) is 24.7. The quantitative estimate of drug-likeness (QED) is 0.264. The molecular formula is C24H22N4O7S. The molecule has 36 heavy (non-hydrogen) atoms. The van der Waals surface area contributed by atoms with Crippen molar-refractivity contribution in [1.82, 2.24) is 10.6 Å². The monoisotopic (exact) mass is 510 g/mol. The number of hydrogen-bond donors (Lipinski definition) is 6. The molecule has 2 heterocycles. The van der Waals surface area contributed by atoms with Gasteiger partial charge in [-0.3, -0.25) is 4.79 Å². The van der Waals surface area contributed by atoms with Crippen molar-refractivity contribution in [3.05, 3.63) is 70.6 Å². The normalized spacial score (nSPS) is 14.3. The number of thiophene rings is 1. The van der Waals surface area contributed by atoms with Gasteiger partial charge in [-0.05, 0) is 54.9 Å². The van der Waals surface area contributed by atoms with Gasteiger partial charge in [0.05, 0.1) is 11.6 Å². The number of hydrogen-bond acceptors (Lipinski definition) is 7. The molecule has 1 atom stereocenters. The maximum atomic E-state index is 12.4. The van der Waals surface area contributed by atoms with Crippen LogP contribution in [0.3, 0.4) is 0 Å². The van der Waals surface area contributed by atoms with Gasteiger partial charge in [-0.15, -0.1) is 11.3 Å². The van der Waals surface area contributed by atoms with E-state index in [-0.39, 0.29) is 17.1 Å². The van der Waals surface area contributed by atoms with Crippen molar-refractivity contribution in [1.29, 1.82) is 0 Å². The molecule has 6 N–H and O–H groups in total. The number of amides is 3. The Balaban J connectivity index is 1.38. The highest BCUT2D eigenvalue weighted by Gasteiger charge is 2.31. The lowest BCUT2D eigenvalue weighted by Gasteiger charge is -2.24. The number of anilines is 2. The Bertz CT molecular complexity index is 1290. The minimum atomic E-state index is -1.72. The number of nitrogens with one attached hydrogen (secondary N) is 4. The lowest BCUT2D eigenvalue weighted by Crippen LogP contribution is -2.40. The second-order valence-electron chi connectivity index (χ2n) is 7.74. The van der Waals surface area contributed by atoms with Gasteiger partial charge in [0.15, 0.2) is 0 Å². The molecule has 0 aliphatic carbocycles. The van der Waals surface area contributed by atoms with E-state index in [1.165, 1.54) is 0 Å². The van der Waals surface area contributed by atoms with Crippen LogP contribution in [0.2, 0.25) is 0 Å². The molecule has 0 fully saturated rings. The van der Waals surface area contributed by atoms with E-state index in [0.29, 0.717) is 40.6 Å². The minimum Gasteiger partial charge on any atom is -0.478 e. The predicted molar refractivity (Wildman–Crippen MR) is 132 cm³/mol. The van der Waals surface area contributed by atoms with E-state index >= 15 is 0 Å². The van der Waals surface area contributed by atoms with Crippen molar-refractivity contribution in [3.8, 4) is 11.5 Å². The molecule has 3 aromatic rings. The van der Waals surface area contributed by atoms with Gasteiger partial charge in [0, 0.05) is 17.1 Å². The molecule has 0 saturated heterocycles. The lowest BCUT2D eigenvalue weighted by atomic mass is 9.99. The summed E-state index contributed by atoms with van der Waals surface area (Å²) >= 11 is 0.978. The van der Waals surface area contributed by atoms with E-state index in [4.69, 9.17) is 9.84 Å². The largest absolute Gasteiger partial charge is 0.478 e. The number of aliphatic carboxylic acids is 1. The van der Waals surface area contributed by atoms with Crippen LogP contribution in [-0.4, -0.2) is 47.2 Å². The lowest BCUT2D eigenvalue weighted by molar-refractivity contribution is -0.147. The standard InChI is InChI=1S/C24H22N4O7S/c29-20(23(32)33)28-21-18(22(30)31)16-10-11-25-17(19(16)36-21)12-26-24(34)27-13-6-8-15(9-7-13)35-14-4-2-1-3-5-14/h1-9,17,25H,10-12H2,(H,28,29)(H,30,31)(H,32,33)(H2,26,27,34)/t17-/m0/s1. The van der Waals surface area contributed by atoms with Gasteiger partial charge >= 0.3 is 23.9 Å². The molecule has 0 spiro atoms.